The summed E-state index contributed by atoms with van der Waals surface area (Å²) >= 11 is 0. The molecule has 6 heteroatoms. The molecule has 86 valence electrons. The van der Waals surface area contributed by atoms with E-state index in [9.17, 15) is 0 Å². The van der Waals surface area contributed by atoms with Crippen molar-refractivity contribution in [2.24, 2.45) is 0 Å². The maximum atomic E-state index is 4.52. The molecular formula is C10H16N6. The summed E-state index contributed by atoms with van der Waals surface area (Å²) in [6.45, 7) is 4.35. The minimum absolute atomic E-state index is 0.485. The highest BCUT2D eigenvalue weighted by atomic mass is 15.5. The van der Waals surface area contributed by atoms with E-state index in [2.05, 4.69) is 39.6 Å². The van der Waals surface area contributed by atoms with Gasteiger partial charge in [-0.15, -0.1) is 10.2 Å². The van der Waals surface area contributed by atoms with E-state index in [0.29, 0.717) is 18.3 Å². The summed E-state index contributed by atoms with van der Waals surface area (Å²) in [5.41, 5.74) is 0.980. The zero-order valence-corrected chi connectivity index (χ0v) is 9.59. The summed E-state index contributed by atoms with van der Waals surface area (Å²) in [5.74, 6) is 0.676. The van der Waals surface area contributed by atoms with Gasteiger partial charge >= 0.3 is 0 Å². The van der Waals surface area contributed by atoms with Gasteiger partial charge in [0.15, 0.2) is 5.82 Å². The highest BCUT2D eigenvalue weighted by molar-refractivity contribution is 5.05. The number of tetrazole rings is 1. The molecule has 0 aliphatic rings. The van der Waals surface area contributed by atoms with Gasteiger partial charge in [-0.2, -0.15) is 10.3 Å². The van der Waals surface area contributed by atoms with Gasteiger partial charge in [-0.25, -0.2) is 0 Å². The second-order valence-electron chi connectivity index (χ2n) is 3.76. The van der Waals surface area contributed by atoms with E-state index in [0.717, 1.165) is 18.5 Å². The molecule has 0 unspecified atom stereocenters. The quantitative estimate of drug-likeness (QED) is 0.825. The largest absolute Gasteiger partial charge is 0.269 e. The van der Waals surface area contributed by atoms with Gasteiger partial charge in [-0.3, -0.25) is 4.68 Å². The number of rotatable bonds is 5. The Hall–Kier alpha value is -1.72. The fraction of sp³-hybridized carbons (Fsp3) is 0.600. The van der Waals surface area contributed by atoms with Crippen molar-refractivity contribution < 1.29 is 0 Å². The topological polar surface area (TPSA) is 72.3 Å². The van der Waals surface area contributed by atoms with Gasteiger partial charge in [-0.05, 0) is 18.9 Å². The van der Waals surface area contributed by atoms with Gasteiger partial charge in [-0.1, -0.05) is 19.1 Å². The lowest BCUT2D eigenvalue weighted by molar-refractivity contribution is 0.426. The molecule has 0 atom stereocenters. The minimum atomic E-state index is 0.485. The fourth-order valence-electron chi connectivity index (χ4n) is 1.76. The summed E-state index contributed by atoms with van der Waals surface area (Å²) in [7, 11) is 0. The van der Waals surface area contributed by atoms with Crippen LogP contribution in [0.15, 0.2) is 12.3 Å². The third-order valence-corrected chi connectivity index (χ3v) is 2.71. The Balaban J connectivity index is 2.07. The monoisotopic (exact) mass is 220 g/mol. The first-order valence-corrected chi connectivity index (χ1v) is 5.59. The Kier molecular flexibility index (Phi) is 3.28. The minimum Gasteiger partial charge on any atom is -0.269 e. The van der Waals surface area contributed by atoms with Crippen molar-refractivity contribution in [2.75, 3.05) is 0 Å². The summed E-state index contributed by atoms with van der Waals surface area (Å²) < 4.78 is 2.02. The zero-order chi connectivity index (χ0) is 11.4. The molecule has 0 aliphatic heterocycles. The van der Waals surface area contributed by atoms with Gasteiger partial charge in [0, 0.05) is 6.20 Å². The number of H-pyrrole nitrogens is 1. The molecule has 6 nitrogen and oxygen atoms in total. The molecule has 0 saturated carbocycles. The maximum Gasteiger partial charge on any atom is 0.180 e. The van der Waals surface area contributed by atoms with E-state index in [1.807, 2.05) is 16.9 Å². The van der Waals surface area contributed by atoms with Crippen molar-refractivity contribution in [3.8, 4) is 0 Å². The van der Waals surface area contributed by atoms with E-state index in [1.54, 1.807) is 0 Å². The molecular weight excluding hydrogens is 204 g/mol. The number of aromatic nitrogens is 6. The van der Waals surface area contributed by atoms with Crippen molar-refractivity contribution in [1.29, 1.82) is 0 Å². The number of aromatic amines is 1. The predicted octanol–water partition coefficient (Wildman–Crippen LogP) is 1.35. The van der Waals surface area contributed by atoms with Crippen molar-refractivity contribution in [3.05, 3.63) is 23.8 Å². The number of nitrogens with one attached hydrogen (secondary N) is 1. The lowest BCUT2D eigenvalue weighted by Crippen LogP contribution is -2.08. The lowest BCUT2D eigenvalue weighted by Gasteiger charge is -2.12. The van der Waals surface area contributed by atoms with E-state index >= 15 is 0 Å². The molecule has 0 aromatic carbocycles. The molecule has 16 heavy (non-hydrogen) atoms. The van der Waals surface area contributed by atoms with Crippen molar-refractivity contribution in [2.45, 2.75) is 39.2 Å². The van der Waals surface area contributed by atoms with Crippen LogP contribution in [0.5, 0.6) is 0 Å². The Morgan fingerprint density at radius 1 is 1.38 bits per heavy atom. The molecule has 2 aromatic heterocycles. The van der Waals surface area contributed by atoms with Crippen LogP contribution in [0.4, 0.5) is 0 Å². The molecule has 2 heterocycles. The van der Waals surface area contributed by atoms with Crippen LogP contribution in [-0.4, -0.2) is 30.4 Å². The smallest absolute Gasteiger partial charge is 0.180 e. The maximum absolute atomic E-state index is 4.52. The van der Waals surface area contributed by atoms with Crippen LogP contribution in [0, 0.1) is 0 Å². The first-order chi connectivity index (χ1) is 7.83. The van der Waals surface area contributed by atoms with Crippen LogP contribution in [0.1, 0.15) is 44.2 Å². The standard InChI is InChI=1S/C10H16N6/c1-3-9(4-2)16-6-5-8(13-16)7-10-11-14-15-12-10/h5-6,9H,3-4,7H2,1-2H3,(H,11,12,14,15). The predicted molar refractivity (Wildman–Crippen MR) is 58.8 cm³/mol. The molecule has 1 N–H and O–H groups in total. The second-order valence-corrected chi connectivity index (χ2v) is 3.76. The van der Waals surface area contributed by atoms with Crippen molar-refractivity contribution in [1.82, 2.24) is 30.4 Å². The number of hydrogen-bond acceptors (Lipinski definition) is 4. The van der Waals surface area contributed by atoms with Gasteiger partial charge in [0.05, 0.1) is 18.2 Å². The Morgan fingerprint density at radius 2 is 2.19 bits per heavy atom. The Bertz CT molecular complexity index is 414. The normalized spacial score (nSPS) is 11.2. The molecule has 0 amide bonds. The van der Waals surface area contributed by atoms with E-state index in [1.165, 1.54) is 0 Å². The Labute approximate surface area is 94.1 Å². The molecule has 0 aliphatic carbocycles. The highest BCUT2D eigenvalue weighted by Crippen LogP contribution is 2.14. The van der Waals surface area contributed by atoms with Gasteiger partial charge in [0.2, 0.25) is 0 Å². The van der Waals surface area contributed by atoms with Gasteiger partial charge < -0.3 is 0 Å². The SMILES string of the molecule is CCC(CC)n1ccc(Cc2nn[nH]n2)n1. The summed E-state index contributed by atoms with van der Waals surface area (Å²) in [5, 5.41) is 18.3. The third-order valence-electron chi connectivity index (χ3n) is 2.71. The number of nitrogens with zero attached hydrogens (tertiary/aromatic N) is 5. The van der Waals surface area contributed by atoms with Crippen molar-refractivity contribution >= 4 is 0 Å². The summed E-state index contributed by atoms with van der Waals surface area (Å²) in [4.78, 5) is 0. The zero-order valence-electron chi connectivity index (χ0n) is 9.59. The molecule has 0 bridgehead atoms. The van der Waals surface area contributed by atoms with Crippen LogP contribution in [0.2, 0.25) is 0 Å². The van der Waals surface area contributed by atoms with Crippen molar-refractivity contribution in [3.63, 3.8) is 0 Å². The van der Waals surface area contributed by atoms with Crippen LogP contribution >= 0.6 is 0 Å². The molecule has 0 fully saturated rings. The van der Waals surface area contributed by atoms with Crippen LogP contribution < -0.4 is 0 Å². The lowest BCUT2D eigenvalue weighted by atomic mass is 10.2. The molecule has 0 radical (unpaired) electrons. The highest BCUT2D eigenvalue weighted by Gasteiger charge is 2.09. The van der Waals surface area contributed by atoms with Crippen LogP contribution in [0.3, 0.4) is 0 Å². The van der Waals surface area contributed by atoms with Gasteiger partial charge in [0.1, 0.15) is 0 Å². The van der Waals surface area contributed by atoms with Gasteiger partial charge in [0.25, 0.3) is 0 Å². The fourth-order valence-corrected chi connectivity index (χ4v) is 1.76. The summed E-state index contributed by atoms with van der Waals surface area (Å²) in [6.07, 6.45) is 4.84. The molecule has 0 saturated heterocycles. The molecule has 2 rings (SSSR count). The van der Waals surface area contributed by atoms with Crippen LogP contribution in [-0.2, 0) is 6.42 Å². The molecule has 0 spiro atoms. The van der Waals surface area contributed by atoms with Crippen LogP contribution in [0.25, 0.3) is 0 Å². The average Bonchev–Trinajstić information content (AvgIpc) is 2.93. The first-order valence-electron chi connectivity index (χ1n) is 5.59. The Morgan fingerprint density at radius 3 is 2.81 bits per heavy atom. The van der Waals surface area contributed by atoms with E-state index in [4.69, 9.17) is 0 Å². The average molecular weight is 220 g/mol. The second kappa shape index (κ2) is 4.87. The summed E-state index contributed by atoms with van der Waals surface area (Å²) in [6, 6.07) is 2.49. The first kappa shape index (κ1) is 10.8. The van der Waals surface area contributed by atoms with E-state index in [-0.39, 0.29) is 0 Å². The number of hydrogen-bond donors (Lipinski definition) is 1. The third kappa shape index (κ3) is 2.26. The van der Waals surface area contributed by atoms with E-state index < -0.39 is 0 Å². The molecule has 2 aromatic rings.